The van der Waals surface area contributed by atoms with E-state index in [0.29, 0.717) is 11.3 Å². The number of phenolic OH excluding ortho intramolecular Hbond substituents is 2. The molecule has 0 heterocycles. The summed E-state index contributed by atoms with van der Waals surface area (Å²) in [5.74, 6) is 0.727. The van der Waals surface area contributed by atoms with Gasteiger partial charge < -0.3 is 10.2 Å². The molecule has 1 fully saturated rings. The van der Waals surface area contributed by atoms with E-state index >= 15 is 0 Å². The number of benzene rings is 1. The number of hydrogen-bond donors (Lipinski definition) is 2. The Morgan fingerprint density at radius 2 is 1.74 bits per heavy atom. The monoisotopic (exact) mass is 260 g/mol. The molecule has 2 aliphatic carbocycles. The van der Waals surface area contributed by atoms with E-state index in [4.69, 9.17) is 0 Å². The molecule has 104 valence electrons. The zero-order chi connectivity index (χ0) is 13.8. The lowest BCUT2D eigenvalue weighted by molar-refractivity contribution is 0.0405. The maximum atomic E-state index is 9.86. The molecule has 2 atom stereocenters. The first-order valence-electron chi connectivity index (χ1n) is 7.40. The number of phenols is 2. The van der Waals surface area contributed by atoms with Crippen molar-refractivity contribution in [2.24, 2.45) is 11.3 Å². The summed E-state index contributed by atoms with van der Waals surface area (Å²) in [6, 6.07) is 3.59. The average molecular weight is 260 g/mol. The minimum Gasteiger partial charge on any atom is -0.504 e. The Hall–Kier alpha value is -1.18. The minimum absolute atomic E-state index is 0.0240. The van der Waals surface area contributed by atoms with Crippen molar-refractivity contribution in [1.82, 2.24) is 0 Å². The van der Waals surface area contributed by atoms with Crippen molar-refractivity contribution in [3.63, 3.8) is 0 Å². The third kappa shape index (κ3) is 1.76. The maximum absolute atomic E-state index is 9.86. The molecule has 0 saturated heterocycles. The Morgan fingerprint density at radius 3 is 2.47 bits per heavy atom. The molecule has 0 aliphatic heterocycles. The second kappa shape index (κ2) is 3.91. The van der Waals surface area contributed by atoms with Gasteiger partial charge in [-0.15, -0.1) is 0 Å². The van der Waals surface area contributed by atoms with Crippen LogP contribution in [0.15, 0.2) is 12.1 Å². The van der Waals surface area contributed by atoms with Gasteiger partial charge in [-0.25, -0.2) is 0 Å². The SMILES string of the molecule is CC1(C)CCC[C@]2(C)c3cc(O)c(O)cc3CCC12. The summed E-state index contributed by atoms with van der Waals surface area (Å²) in [6.07, 6.45) is 5.96. The smallest absolute Gasteiger partial charge is 0.157 e. The molecule has 1 aromatic rings. The van der Waals surface area contributed by atoms with Gasteiger partial charge in [0, 0.05) is 0 Å². The summed E-state index contributed by atoms with van der Waals surface area (Å²) < 4.78 is 0. The Balaban J connectivity index is 2.14. The van der Waals surface area contributed by atoms with Gasteiger partial charge in [0.1, 0.15) is 0 Å². The molecule has 1 unspecified atom stereocenters. The summed E-state index contributed by atoms with van der Waals surface area (Å²) in [7, 11) is 0. The summed E-state index contributed by atoms with van der Waals surface area (Å²) in [5, 5.41) is 19.6. The lowest BCUT2D eigenvalue weighted by Crippen LogP contribution is -2.47. The number of hydrogen-bond acceptors (Lipinski definition) is 2. The molecule has 2 heteroatoms. The molecule has 0 radical (unpaired) electrons. The third-order valence-corrected chi connectivity index (χ3v) is 5.75. The molecule has 0 aromatic heterocycles. The molecule has 0 amide bonds. The molecule has 19 heavy (non-hydrogen) atoms. The Morgan fingerprint density at radius 1 is 1.05 bits per heavy atom. The molecule has 0 bridgehead atoms. The van der Waals surface area contributed by atoms with Gasteiger partial charge in [0.2, 0.25) is 0 Å². The minimum atomic E-state index is 0.0240. The van der Waals surface area contributed by atoms with Crippen LogP contribution in [0.1, 0.15) is 57.6 Å². The molecule has 2 aliphatic rings. The van der Waals surface area contributed by atoms with Gasteiger partial charge in [-0.3, -0.25) is 0 Å². The molecule has 2 N–H and O–H groups in total. The molecular weight excluding hydrogens is 236 g/mol. The molecule has 2 nitrogen and oxygen atoms in total. The van der Waals surface area contributed by atoms with E-state index < -0.39 is 0 Å². The predicted octanol–water partition coefficient (Wildman–Crippen LogP) is 4.13. The van der Waals surface area contributed by atoms with E-state index in [1.165, 1.54) is 36.8 Å². The normalized spacial score (nSPS) is 32.5. The van der Waals surface area contributed by atoms with Gasteiger partial charge in [0.15, 0.2) is 11.5 Å². The van der Waals surface area contributed by atoms with Gasteiger partial charge >= 0.3 is 0 Å². The van der Waals surface area contributed by atoms with Crippen LogP contribution >= 0.6 is 0 Å². The number of fused-ring (bicyclic) bond motifs is 3. The second-order valence-corrected chi connectivity index (χ2v) is 7.35. The summed E-state index contributed by atoms with van der Waals surface area (Å²) >= 11 is 0. The Labute approximate surface area is 115 Å². The zero-order valence-corrected chi connectivity index (χ0v) is 12.2. The summed E-state index contributed by atoms with van der Waals surface area (Å²) in [6.45, 7) is 7.13. The first-order chi connectivity index (χ1) is 8.84. The lowest BCUT2D eigenvalue weighted by atomic mass is 9.50. The third-order valence-electron chi connectivity index (χ3n) is 5.75. The highest BCUT2D eigenvalue weighted by Gasteiger charge is 2.49. The zero-order valence-electron chi connectivity index (χ0n) is 12.2. The van der Waals surface area contributed by atoms with Crippen molar-refractivity contribution in [2.45, 2.75) is 58.3 Å². The van der Waals surface area contributed by atoms with Crippen LogP contribution in [-0.4, -0.2) is 10.2 Å². The van der Waals surface area contributed by atoms with Gasteiger partial charge in [0.05, 0.1) is 0 Å². The van der Waals surface area contributed by atoms with Crippen molar-refractivity contribution in [3.8, 4) is 11.5 Å². The highest BCUT2D eigenvalue weighted by molar-refractivity contribution is 5.50. The number of rotatable bonds is 0. The van der Waals surface area contributed by atoms with Crippen molar-refractivity contribution in [2.75, 3.05) is 0 Å². The van der Waals surface area contributed by atoms with Crippen molar-refractivity contribution >= 4 is 0 Å². The average Bonchev–Trinajstić information content (AvgIpc) is 2.30. The fourth-order valence-corrected chi connectivity index (χ4v) is 4.81. The highest BCUT2D eigenvalue weighted by Crippen LogP contribution is 2.57. The predicted molar refractivity (Wildman–Crippen MR) is 76.6 cm³/mol. The number of aromatic hydroxyl groups is 2. The van der Waals surface area contributed by atoms with Crippen LogP contribution in [0.4, 0.5) is 0 Å². The van der Waals surface area contributed by atoms with Crippen LogP contribution in [0.2, 0.25) is 0 Å². The van der Waals surface area contributed by atoms with E-state index in [1.807, 2.05) is 6.07 Å². The molecule has 0 spiro atoms. The quantitative estimate of drug-likeness (QED) is 0.689. The van der Waals surface area contributed by atoms with Gasteiger partial charge in [-0.05, 0) is 65.7 Å². The van der Waals surface area contributed by atoms with Crippen molar-refractivity contribution in [1.29, 1.82) is 0 Å². The topological polar surface area (TPSA) is 40.5 Å². The van der Waals surface area contributed by atoms with Crippen LogP contribution < -0.4 is 0 Å². The van der Waals surface area contributed by atoms with Gasteiger partial charge in [0.25, 0.3) is 0 Å². The van der Waals surface area contributed by atoms with Crippen LogP contribution in [0.25, 0.3) is 0 Å². The Kier molecular flexibility index (Phi) is 2.64. The molecule has 1 aromatic carbocycles. The van der Waals surface area contributed by atoms with Crippen LogP contribution in [0.5, 0.6) is 11.5 Å². The summed E-state index contributed by atoms with van der Waals surface area (Å²) in [5.41, 5.74) is 3.03. The van der Waals surface area contributed by atoms with E-state index in [9.17, 15) is 10.2 Å². The first kappa shape index (κ1) is 12.8. The summed E-state index contributed by atoms with van der Waals surface area (Å²) in [4.78, 5) is 0. The van der Waals surface area contributed by atoms with Crippen molar-refractivity contribution < 1.29 is 10.2 Å². The van der Waals surface area contributed by atoms with E-state index in [2.05, 4.69) is 20.8 Å². The fourth-order valence-electron chi connectivity index (χ4n) is 4.81. The number of aryl methyl sites for hydroxylation is 1. The van der Waals surface area contributed by atoms with Crippen LogP contribution in [0, 0.1) is 11.3 Å². The van der Waals surface area contributed by atoms with E-state index in [0.717, 1.165) is 6.42 Å². The fraction of sp³-hybridized carbons (Fsp3) is 0.647. The maximum Gasteiger partial charge on any atom is 0.157 e. The van der Waals surface area contributed by atoms with Crippen LogP contribution in [-0.2, 0) is 11.8 Å². The lowest BCUT2D eigenvalue weighted by Gasteiger charge is -2.54. The van der Waals surface area contributed by atoms with E-state index in [1.54, 1.807) is 6.07 Å². The largest absolute Gasteiger partial charge is 0.504 e. The van der Waals surface area contributed by atoms with Crippen LogP contribution in [0.3, 0.4) is 0 Å². The van der Waals surface area contributed by atoms with Gasteiger partial charge in [-0.1, -0.05) is 27.2 Å². The highest BCUT2D eigenvalue weighted by atomic mass is 16.3. The molecular formula is C17H24O2. The van der Waals surface area contributed by atoms with E-state index in [-0.39, 0.29) is 16.9 Å². The Bertz CT molecular complexity index is 518. The van der Waals surface area contributed by atoms with Crippen molar-refractivity contribution in [3.05, 3.63) is 23.3 Å². The van der Waals surface area contributed by atoms with Gasteiger partial charge in [-0.2, -0.15) is 0 Å². The molecule has 1 saturated carbocycles. The molecule has 3 rings (SSSR count). The second-order valence-electron chi connectivity index (χ2n) is 7.35. The first-order valence-corrected chi connectivity index (χ1v) is 7.40. The standard InChI is InChI=1S/C17H24O2/c1-16(2)7-4-8-17(3)12-10-14(19)13(18)9-11(12)5-6-15(16)17/h9-10,15,18-19H,4-8H2,1-3H3/t15?,17-/m1/s1.